The molecule has 3 rings (SSSR count). The smallest absolute Gasteiger partial charge is 0.287 e. The largest absolute Gasteiger partial charge is 0.504 e. The predicted molar refractivity (Wildman–Crippen MR) is 133 cm³/mol. The van der Waals surface area contributed by atoms with Crippen LogP contribution in [0.3, 0.4) is 0 Å². The number of methoxy groups -OCH3 is 1. The number of ether oxygens (including phenoxy) is 1. The van der Waals surface area contributed by atoms with Gasteiger partial charge in [0.05, 0.1) is 18.2 Å². The van der Waals surface area contributed by atoms with E-state index in [2.05, 4.69) is 31.8 Å². The van der Waals surface area contributed by atoms with Crippen molar-refractivity contribution in [2.75, 3.05) is 7.11 Å². The first-order valence-corrected chi connectivity index (χ1v) is 10.8. The number of hydrogen-bond donors (Lipinski definition) is 3. The number of nitro benzene ring substituents is 1. The van der Waals surface area contributed by atoms with Crippen LogP contribution in [0.2, 0.25) is 0 Å². The van der Waals surface area contributed by atoms with Crippen LogP contribution in [0.5, 0.6) is 11.5 Å². The summed E-state index contributed by atoms with van der Waals surface area (Å²) < 4.78 is 5.70. The third-order valence-corrected chi connectivity index (χ3v) is 5.06. The molecule has 0 spiro atoms. The van der Waals surface area contributed by atoms with Crippen molar-refractivity contribution in [3.8, 4) is 11.5 Å². The Morgan fingerprint density at radius 1 is 1.11 bits per heavy atom. The second-order valence-corrected chi connectivity index (χ2v) is 7.89. The predicted octanol–water partition coefficient (Wildman–Crippen LogP) is 3.99. The van der Waals surface area contributed by atoms with E-state index >= 15 is 0 Å². The molecule has 35 heavy (non-hydrogen) atoms. The number of phenolic OH excluding ortho intramolecular Hbond substituents is 1. The molecule has 178 valence electrons. The lowest BCUT2D eigenvalue weighted by Crippen LogP contribution is -2.32. The van der Waals surface area contributed by atoms with E-state index in [9.17, 15) is 24.8 Å². The van der Waals surface area contributed by atoms with Gasteiger partial charge in [-0.2, -0.15) is 5.10 Å². The number of non-ortho nitro benzene ring substituents is 1. The molecule has 11 heteroatoms. The minimum atomic E-state index is -0.759. The van der Waals surface area contributed by atoms with Gasteiger partial charge in [-0.1, -0.05) is 34.1 Å². The Morgan fingerprint density at radius 3 is 2.43 bits per heavy atom. The summed E-state index contributed by atoms with van der Waals surface area (Å²) in [5, 5.41) is 27.5. The van der Waals surface area contributed by atoms with E-state index in [1.807, 2.05) is 0 Å². The molecule has 0 atom stereocenters. The average molecular weight is 539 g/mol. The summed E-state index contributed by atoms with van der Waals surface area (Å²) in [5.74, 6) is -1.26. The van der Waals surface area contributed by atoms with Crippen molar-refractivity contribution in [3.05, 3.63) is 104 Å². The first-order valence-electron chi connectivity index (χ1n) is 10.0. The van der Waals surface area contributed by atoms with Crippen LogP contribution in [0.1, 0.15) is 21.5 Å². The highest BCUT2D eigenvalue weighted by atomic mass is 79.9. The molecule has 0 fully saturated rings. The maximum absolute atomic E-state index is 12.8. The van der Waals surface area contributed by atoms with Crippen LogP contribution in [0.25, 0.3) is 6.08 Å². The Hall–Kier alpha value is -4.51. The number of benzene rings is 3. The van der Waals surface area contributed by atoms with Crippen LogP contribution in [-0.4, -0.2) is 35.2 Å². The van der Waals surface area contributed by atoms with Crippen molar-refractivity contribution >= 4 is 45.7 Å². The second kappa shape index (κ2) is 11.6. The molecule has 0 heterocycles. The second-order valence-electron chi connectivity index (χ2n) is 6.97. The lowest BCUT2D eigenvalue weighted by atomic mass is 10.1. The maximum Gasteiger partial charge on any atom is 0.287 e. The summed E-state index contributed by atoms with van der Waals surface area (Å²) >= 11 is 3.29. The minimum Gasteiger partial charge on any atom is -0.504 e. The average Bonchev–Trinajstić information content (AvgIpc) is 2.86. The molecule has 2 amide bonds. The van der Waals surface area contributed by atoms with Crippen LogP contribution in [-0.2, 0) is 4.79 Å². The van der Waals surface area contributed by atoms with Gasteiger partial charge in [-0.3, -0.25) is 19.7 Å². The highest BCUT2D eigenvalue weighted by Crippen LogP contribution is 2.32. The molecule has 3 N–H and O–H groups in total. The summed E-state index contributed by atoms with van der Waals surface area (Å²) in [6, 6.07) is 16.8. The Balaban J connectivity index is 1.85. The number of amides is 2. The molecule has 3 aromatic carbocycles. The number of phenols is 1. The third-order valence-electron chi connectivity index (χ3n) is 4.60. The molecule has 0 saturated heterocycles. The molecular formula is C24H19BrN4O6. The molecule has 0 aliphatic carbocycles. The van der Waals surface area contributed by atoms with Gasteiger partial charge in [0, 0.05) is 27.7 Å². The first kappa shape index (κ1) is 25.1. The fourth-order valence-corrected chi connectivity index (χ4v) is 3.32. The van der Waals surface area contributed by atoms with Gasteiger partial charge in [0.1, 0.15) is 5.70 Å². The van der Waals surface area contributed by atoms with Crippen molar-refractivity contribution in [1.82, 2.24) is 10.7 Å². The Bertz CT molecular complexity index is 1310. The number of nitro groups is 1. The monoisotopic (exact) mass is 538 g/mol. The van der Waals surface area contributed by atoms with E-state index in [0.29, 0.717) is 15.6 Å². The van der Waals surface area contributed by atoms with E-state index in [4.69, 9.17) is 4.74 Å². The molecule has 0 bridgehead atoms. The SMILES string of the molecule is COc1cc(Br)cc(/C=N/NC(=O)C(=Cc2ccc([N+](=O)[O-])cc2)NC(=O)c2ccccc2)c1O. The van der Waals surface area contributed by atoms with Gasteiger partial charge in [-0.05, 0) is 48.0 Å². The molecule has 3 aromatic rings. The Morgan fingerprint density at radius 2 is 1.80 bits per heavy atom. The van der Waals surface area contributed by atoms with E-state index < -0.39 is 16.7 Å². The zero-order chi connectivity index (χ0) is 25.4. The number of nitrogens with one attached hydrogen (secondary N) is 2. The zero-order valence-corrected chi connectivity index (χ0v) is 19.9. The maximum atomic E-state index is 12.8. The van der Waals surface area contributed by atoms with Crippen molar-refractivity contribution < 1.29 is 24.4 Å². The lowest BCUT2D eigenvalue weighted by molar-refractivity contribution is -0.384. The van der Waals surface area contributed by atoms with Gasteiger partial charge in [-0.25, -0.2) is 5.43 Å². The number of hydrazone groups is 1. The molecule has 0 aliphatic rings. The zero-order valence-electron chi connectivity index (χ0n) is 18.3. The van der Waals surface area contributed by atoms with Crippen molar-refractivity contribution in [3.63, 3.8) is 0 Å². The molecular weight excluding hydrogens is 520 g/mol. The number of carbonyl (C=O) groups is 2. The summed E-state index contributed by atoms with van der Waals surface area (Å²) in [7, 11) is 1.40. The Kier molecular flexibility index (Phi) is 8.30. The summed E-state index contributed by atoms with van der Waals surface area (Å²) in [6.45, 7) is 0. The van der Waals surface area contributed by atoms with Gasteiger partial charge >= 0.3 is 0 Å². The standard InChI is InChI=1S/C24H19BrN4O6/c1-35-21-13-18(25)12-17(22(21)30)14-26-28-24(32)20(27-23(31)16-5-3-2-4-6-16)11-15-7-9-19(10-8-15)29(33)34/h2-14,30H,1H3,(H,27,31)(H,28,32)/b20-11?,26-14+. The van der Waals surface area contributed by atoms with Gasteiger partial charge in [0.2, 0.25) is 0 Å². The van der Waals surface area contributed by atoms with Crippen LogP contribution in [0.15, 0.2) is 82.0 Å². The van der Waals surface area contributed by atoms with Crippen LogP contribution in [0.4, 0.5) is 5.69 Å². The number of aromatic hydroxyl groups is 1. The number of halogens is 1. The summed E-state index contributed by atoms with van der Waals surface area (Å²) in [6.07, 6.45) is 2.57. The van der Waals surface area contributed by atoms with Crippen LogP contribution in [0, 0.1) is 10.1 Å². The van der Waals surface area contributed by atoms with E-state index in [1.54, 1.807) is 42.5 Å². The highest BCUT2D eigenvalue weighted by molar-refractivity contribution is 9.10. The molecule has 0 radical (unpaired) electrons. The third kappa shape index (κ3) is 6.74. The van der Waals surface area contributed by atoms with Crippen molar-refractivity contribution in [2.24, 2.45) is 5.10 Å². The molecule has 10 nitrogen and oxygen atoms in total. The lowest BCUT2D eigenvalue weighted by Gasteiger charge is -2.10. The molecule has 0 unspecified atom stereocenters. The first-order chi connectivity index (χ1) is 16.8. The highest BCUT2D eigenvalue weighted by Gasteiger charge is 2.15. The molecule has 0 saturated carbocycles. The van der Waals surface area contributed by atoms with Crippen molar-refractivity contribution in [1.29, 1.82) is 0 Å². The number of hydrogen-bond acceptors (Lipinski definition) is 7. The van der Waals surface area contributed by atoms with E-state index in [-0.39, 0.29) is 28.4 Å². The fourth-order valence-electron chi connectivity index (χ4n) is 2.87. The minimum absolute atomic E-state index is 0.115. The number of carbonyl (C=O) groups excluding carboxylic acids is 2. The Labute approximate surface area is 208 Å². The van der Waals surface area contributed by atoms with Gasteiger partial charge in [0.15, 0.2) is 11.5 Å². The number of nitrogens with zero attached hydrogens (tertiary/aromatic N) is 2. The van der Waals surface area contributed by atoms with Gasteiger partial charge in [0.25, 0.3) is 17.5 Å². The topological polar surface area (TPSA) is 143 Å². The summed E-state index contributed by atoms with van der Waals surface area (Å²) in [4.78, 5) is 35.8. The molecule has 0 aromatic heterocycles. The van der Waals surface area contributed by atoms with Gasteiger partial charge < -0.3 is 15.2 Å². The molecule has 0 aliphatic heterocycles. The van der Waals surface area contributed by atoms with Crippen molar-refractivity contribution in [2.45, 2.75) is 0 Å². The quantitative estimate of drug-likeness (QED) is 0.171. The van der Waals surface area contributed by atoms with Gasteiger partial charge in [-0.15, -0.1) is 0 Å². The van der Waals surface area contributed by atoms with Crippen LogP contribution < -0.4 is 15.5 Å². The normalized spacial score (nSPS) is 11.2. The fraction of sp³-hybridized carbons (Fsp3) is 0.0417. The van der Waals surface area contributed by atoms with E-state index in [0.717, 1.165) is 0 Å². The van der Waals surface area contributed by atoms with E-state index in [1.165, 1.54) is 43.7 Å². The summed E-state index contributed by atoms with van der Waals surface area (Å²) in [5.41, 5.74) is 3.06. The number of rotatable bonds is 8. The van der Waals surface area contributed by atoms with Crippen LogP contribution >= 0.6 is 15.9 Å².